The predicted octanol–water partition coefficient (Wildman–Crippen LogP) is 0.891. The SMILES string of the molecule is CN(C[C@@H]1CCCN1C)C(=O)c1cnc(N)s1. The summed E-state index contributed by atoms with van der Waals surface area (Å²) in [5.74, 6) is 0.0134. The van der Waals surface area contributed by atoms with E-state index in [2.05, 4.69) is 16.9 Å². The summed E-state index contributed by atoms with van der Waals surface area (Å²) in [6.45, 7) is 1.90. The molecule has 1 atom stereocenters. The Bertz CT molecular complexity index is 406. The maximum absolute atomic E-state index is 12.1. The molecule has 1 saturated heterocycles. The van der Waals surface area contributed by atoms with Crippen LogP contribution in [-0.2, 0) is 0 Å². The molecular weight excluding hydrogens is 236 g/mol. The number of nitrogens with zero attached hydrogens (tertiary/aromatic N) is 3. The maximum Gasteiger partial charge on any atom is 0.265 e. The van der Waals surface area contributed by atoms with E-state index in [1.165, 1.54) is 24.2 Å². The van der Waals surface area contributed by atoms with E-state index < -0.39 is 0 Å². The van der Waals surface area contributed by atoms with E-state index in [1.807, 2.05) is 7.05 Å². The van der Waals surface area contributed by atoms with E-state index in [9.17, 15) is 4.79 Å². The minimum atomic E-state index is 0.0134. The molecule has 6 heteroatoms. The molecule has 0 spiro atoms. The summed E-state index contributed by atoms with van der Waals surface area (Å²) in [6, 6.07) is 0.481. The predicted molar refractivity (Wildman–Crippen MR) is 69.1 cm³/mol. The number of aromatic nitrogens is 1. The van der Waals surface area contributed by atoms with Gasteiger partial charge in [-0.3, -0.25) is 4.79 Å². The van der Waals surface area contributed by atoms with Crippen molar-refractivity contribution >= 4 is 22.4 Å². The molecule has 1 amide bonds. The van der Waals surface area contributed by atoms with Gasteiger partial charge < -0.3 is 15.5 Å². The summed E-state index contributed by atoms with van der Waals surface area (Å²) in [5.41, 5.74) is 5.53. The van der Waals surface area contributed by atoms with Gasteiger partial charge in [0.1, 0.15) is 4.88 Å². The summed E-state index contributed by atoms with van der Waals surface area (Å²) in [6.07, 6.45) is 3.94. The second-order valence-corrected chi connectivity index (χ2v) is 5.59. The number of carbonyl (C=O) groups is 1. The third-order valence-corrected chi connectivity index (χ3v) is 4.05. The number of likely N-dealkylation sites (tertiary alicyclic amines) is 1. The van der Waals surface area contributed by atoms with Crippen LogP contribution in [-0.4, -0.2) is 53.9 Å². The molecule has 1 aliphatic heterocycles. The third kappa shape index (κ3) is 2.76. The van der Waals surface area contributed by atoms with Crippen LogP contribution in [0.25, 0.3) is 0 Å². The first-order valence-corrected chi connectivity index (χ1v) is 6.56. The Hall–Kier alpha value is -1.14. The number of rotatable bonds is 3. The Morgan fingerprint density at radius 2 is 2.53 bits per heavy atom. The Kier molecular flexibility index (Phi) is 3.63. The lowest BCUT2D eigenvalue weighted by atomic mass is 10.2. The van der Waals surface area contributed by atoms with Crippen LogP contribution in [0, 0.1) is 0 Å². The Morgan fingerprint density at radius 3 is 3.06 bits per heavy atom. The van der Waals surface area contributed by atoms with Crippen molar-refractivity contribution in [3.05, 3.63) is 11.1 Å². The fourth-order valence-electron chi connectivity index (χ4n) is 2.18. The van der Waals surface area contributed by atoms with Crippen molar-refractivity contribution in [2.45, 2.75) is 18.9 Å². The van der Waals surface area contributed by atoms with Crippen molar-refractivity contribution in [2.24, 2.45) is 0 Å². The monoisotopic (exact) mass is 254 g/mol. The number of carbonyl (C=O) groups excluding carboxylic acids is 1. The highest BCUT2D eigenvalue weighted by Crippen LogP contribution is 2.19. The molecule has 1 aromatic rings. The molecule has 5 nitrogen and oxygen atoms in total. The van der Waals surface area contributed by atoms with Gasteiger partial charge in [-0.15, -0.1) is 0 Å². The zero-order valence-electron chi connectivity index (χ0n) is 10.2. The first-order chi connectivity index (χ1) is 8.08. The lowest BCUT2D eigenvalue weighted by molar-refractivity contribution is 0.0766. The molecule has 1 aromatic heterocycles. The number of nitrogen functional groups attached to an aromatic ring is 1. The van der Waals surface area contributed by atoms with Crippen molar-refractivity contribution in [3.8, 4) is 0 Å². The Labute approximate surface area is 105 Å². The number of likely N-dealkylation sites (N-methyl/N-ethyl adjacent to an activating group) is 2. The second kappa shape index (κ2) is 5.01. The molecule has 0 radical (unpaired) electrons. The molecule has 1 aliphatic rings. The van der Waals surface area contributed by atoms with Crippen LogP contribution >= 0.6 is 11.3 Å². The fourth-order valence-corrected chi connectivity index (χ4v) is 2.86. The topological polar surface area (TPSA) is 62.5 Å². The van der Waals surface area contributed by atoms with Crippen LogP contribution in [0.4, 0.5) is 5.13 Å². The highest BCUT2D eigenvalue weighted by molar-refractivity contribution is 7.17. The van der Waals surface area contributed by atoms with E-state index >= 15 is 0 Å². The fraction of sp³-hybridized carbons (Fsp3) is 0.636. The molecule has 1 fully saturated rings. The van der Waals surface area contributed by atoms with Gasteiger partial charge in [0, 0.05) is 19.6 Å². The summed E-state index contributed by atoms with van der Waals surface area (Å²) in [7, 11) is 3.95. The van der Waals surface area contributed by atoms with Crippen LogP contribution in [0.1, 0.15) is 22.5 Å². The molecule has 2 rings (SSSR count). The van der Waals surface area contributed by atoms with Gasteiger partial charge in [-0.05, 0) is 26.4 Å². The number of anilines is 1. The third-order valence-electron chi connectivity index (χ3n) is 3.24. The second-order valence-electron chi connectivity index (χ2n) is 4.53. The van der Waals surface area contributed by atoms with Gasteiger partial charge in [0.05, 0.1) is 6.20 Å². The van der Waals surface area contributed by atoms with E-state index in [4.69, 9.17) is 5.73 Å². The summed E-state index contributed by atoms with van der Waals surface area (Å²) in [4.78, 5) is 20.7. The number of hydrogen-bond donors (Lipinski definition) is 1. The Balaban J connectivity index is 1.95. The van der Waals surface area contributed by atoms with Crippen molar-refractivity contribution in [1.82, 2.24) is 14.8 Å². The van der Waals surface area contributed by atoms with Crippen molar-refractivity contribution in [1.29, 1.82) is 0 Å². The lowest BCUT2D eigenvalue weighted by Gasteiger charge is -2.25. The number of amides is 1. The maximum atomic E-state index is 12.1. The molecule has 2 heterocycles. The molecule has 0 aromatic carbocycles. The van der Waals surface area contributed by atoms with Crippen LogP contribution in [0.3, 0.4) is 0 Å². The molecule has 0 aliphatic carbocycles. The summed E-state index contributed by atoms with van der Waals surface area (Å²) >= 11 is 1.24. The number of hydrogen-bond acceptors (Lipinski definition) is 5. The first kappa shape index (κ1) is 12.3. The van der Waals surface area contributed by atoms with E-state index in [-0.39, 0.29) is 5.91 Å². The number of thiazole rings is 1. The largest absolute Gasteiger partial charge is 0.375 e. The van der Waals surface area contributed by atoms with E-state index in [1.54, 1.807) is 11.1 Å². The molecule has 17 heavy (non-hydrogen) atoms. The van der Waals surface area contributed by atoms with Crippen molar-refractivity contribution in [2.75, 3.05) is 32.9 Å². The molecule has 0 unspecified atom stereocenters. The smallest absolute Gasteiger partial charge is 0.265 e. The number of nitrogens with two attached hydrogens (primary N) is 1. The van der Waals surface area contributed by atoms with Crippen molar-refractivity contribution < 1.29 is 4.79 Å². The average Bonchev–Trinajstić information content (AvgIpc) is 2.88. The molecule has 94 valence electrons. The van der Waals surface area contributed by atoms with Gasteiger partial charge in [0.25, 0.3) is 5.91 Å². The standard InChI is InChI=1S/C11H18N4OS/c1-14-5-3-4-8(14)7-15(2)10(16)9-6-13-11(12)17-9/h6,8H,3-5,7H2,1-2H3,(H2,12,13)/t8-/m0/s1. The van der Waals surface area contributed by atoms with Gasteiger partial charge >= 0.3 is 0 Å². The van der Waals surface area contributed by atoms with Crippen molar-refractivity contribution in [3.63, 3.8) is 0 Å². The summed E-state index contributed by atoms with van der Waals surface area (Å²) < 4.78 is 0. The van der Waals surface area contributed by atoms with Crippen LogP contribution < -0.4 is 5.73 Å². The molecule has 2 N–H and O–H groups in total. The van der Waals surface area contributed by atoms with Crippen LogP contribution in [0.15, 0.2) is 6.20 Å². The normalized spacial score (nSPS) is 20.7. The van der Waals surface area contributed by atoms with Crippen LogP contribution in [0.2, 0.25) is 0 Å². The lowest BCUT2D eigenvalue weighted by Crippen LogP contribution is -2.39. The quantitative estimate of drug-likeness (QED) is 0.870. The van der Waals surface area contributed by atoms with Gasteiger partial charge in [-0.2, -0.15) is 0 Å². The van der Waals surface area contributed by atoms with Gasteiger partial charge in [-0.1, -0.05) is 11.3 Å². The average molecular weight is 254 g/mol. The first-order valence-electron chi connectivity index (χ1n) is 5.75. The van der Waals surface area contributed by atoms with Gasteiger partial charge in [-0.25, -0.2) is 4.98 Å². The zero-order valence-corrected chi connectivity index (χ0v) is 11.0. The minimum Gasteiger partial charge on any atom is -0.375 e. The minimum absolute atomic E-state index is 0.0134. The highest BCUT2D eigenvalue weighted by Gasteiger charge is 2.24. The van der Waals surface area contributed by atoms with Gasteiger partial charge in [0.15, 0.2) is 5.13 Å². The zero-order chi connectivity index (χ0) is 12.4. The van der Waals surface area contributed by atoms with Crippen LogP contribution in [0.5, 0.6) is 0 Å². The molecule has 0 bridgehead atoms. The van der Waals surface area contributed by atoms with E-state index in [0.29, 0.717) is 16.1 Å². The molecule has 0 saturated carbocycles. The highest BCUT2D eigenvalue weighted by atomic mass is 32.1. The summed E-state index contributed by atoms with van der Waals surface area (Å²) in [5, 5.41) is 0.444. The molecular formula is C11H18N4OS. The Morgan fingerprint density at radius 1 is 1.76 bits per heavy atom. The van der Waals surface area contributed by atoms with Gasteiger partial charge in [0.2, 0.25) is 0 Å². The van der Waals surface area contributed by atoms with E-state index in [0.717, 1.165) is 13.1 Å².